The number of carbonyl (C=O) groups is 1. The number of carbonyl (C=O) groups excluding carboxylic acids is 1. The van der Waals surface area contributed by atoms with Gasteiger partial charge in [0.25, 0.3) is 0 Å². The highest BCUT2D eigenvalue weighted by atomic mass is 35.5. The highest BCUT2D eigenvalue weighted by Gasteiger charge is 2.20. The van der Waals surface area contributed by atoms with Gasteiger partial charge in [-0.15, -0.1) is 0 Å². The quantitative estimate of drug-likeness (QED) is 0.742. The second-order valence-corrected chi connectivity index (χ2v) is 8.14. The fourth-order valence-corrected chi connectivity index (χ4v) is 3.60. The van der Waals surface area contributed by atoms with Crippen molar-refractivity contribution in [2.75, 3.05) is 26.0 Å². The van der Waals surface area contributed by atoms with E-state index in [0.717, 1.165) is 0 Å². The van der Waals surface area contributed by atoms with E-state index in [2.05, 4.69) is 5.32 Å². The van der Waals surface area contributed by atoms with E-state index in [0.29, 0.717) is 22.9 Å². The fourth-order valence-electron chi connectivity index (χ4n) is 2.27. The number of nitrogens with zero attached hydrogens (tertiary/aromatic N) is 1. The maximum atomic E-state index is 12.4. The number of hydrogen-bond donors (Lipinski definition) is 1. The van der Waals surface area contributed by atoms with E-state index in [9.17, 15) is 13.2 Å². The lowest BCUT2D eigenvalue weighted by molar-refractivity contribution is -0.116. The first kappa shape index (κ1) is 20.2. The lowest BCUT2D eigenvalue weighted by Crippen LogP contribution is -2.28. The van der Waals surface area contributed by atoms with Crippen molar-refractivity contribution < 1.29 is 17.9 Å². The van der Waals surface area contributed by atoms with Gasteiger partial charge >= 0.3 is 0 Å². The zero-order chi connectivity index (χ0) is 19.2. The lowest BCUT2D eigenvalue weighted by Gasteiger charge is -2.17. The third kappa shape index (κ3) is 5.45. The largest absolute Gasteiger partial charge is 0.497 e. The molecule has 0 aliphatic rings. The molecule has 140 valence electrons. The van der Waals surface area contributed by atoms with Gasteiger partial charge in [-0.3, -0.25) is 4.79 Å². The fraction of sp³-hybridized carbons (Fsp3) is 0.278. The van der Waals surface area contributed by atoms with Crippen LogP contribution in [0.3, 0.4) is 0 Å². The maximum Gasteiger partial charge on any atom is 0.242 e. The number of sulfonamides is 1. The van der Waals surface area contributed by atoms with Crippen LogP contribution in [0.5, 0.6) is 5.75 Å². The number of rotatable bonds is 8. The summed E-state index contributed by atoms with van der Waals surface area (Å²) in [5.41, 5.74) is 0.665. The Morgan fingerprint density at radius 3 is 2.31 bits per heavy atom. The van der Waals surface area contributed by atoms with Gasteiger partial charge in [0, 0.05) is 30.7 Å². The summed E-state index contributed by atoms with van der Waals surface area (Å²) in [5.74, 6) is 0.532. The molecule has 0 saturated heterocycles. The van der Waals surface area contributed by atoms with E-state index >= 15 is 0 Å². The molecule has 0 spiro atoms. The summed E-state index contributed by atoms with van der Waals surface area (Å²) in [6.07, 6.45) is 0.623. The summed E-state index contributed by atoms with van der Waals surface area (Å²) in [4.78, 5) is 12.2. The zero-order valence-electron chi connectivity index (χ0n) is 14.6. The predicted octanol–water partition coefficient (Wildman–Crippen LogP) is 3.39. The molecule has 0 saturated carbocycles. The molecule has 0 radical (unpaired) electrons. The monoisotopic (exact) mass is 396 g/mol. The second kappa shape index (κ2) is 9.02. The van der Waals surface area contributed by atoms with Gasteiger partial charge in [-0.2, -0.15) is 0 Å². The predicted molar refractivity (Wildman–Crippen MR) is 102 cm³/mol. The van der Waals surface area contributed by atoms with Crippen LogP contribution < -0.4 is 10.1 Å². The number of hydrogen-bond acceptors (Lipinski definition) is 4. The van der Waals surface area contributed by atoms with Crippen molar-refractivity contribution in [1.82, 2.24) is 4.31 Å². The molecular formula is C18H21ClN2O4S. The summed E-state index contributed by atoms with van der Waals surface area (Å²) in [5, 5.41) is 3.24. The van der Waals surface area contributed by atoms with Crippen LogP contribution in [0.15, 0.2) is 53.4 Å². The van der Waals surface area contributed by atoms with Crippen molar-refractivity contribution in [3.05, 3.63) is 53.6 Å². The Labute approximate surface area is 158 Å². The summed E-state index contributed by atoms with van der Waals surface area (Å²) < 4.78 is 31.2. The van der Waals surface area contributed by atoms with Crippen LogP contribution in [0.25, 0.3) is 0 Å². The minimum atomic E-state index is -3.59. The molecule has 0 bridgehead atoms. The van der Waals surface area contributed by atoms with E-state index in [1.807, 2.05) is 0 Å². The van der Waals surface area contributed by atoms with E-state index in [4.69, 9.17) is 16.3 Å². The average molecular weight is 397 g/mol. The molecule has 1 amide bonds. The van der Waals surface area contributed by atoms with Gasteiger partial charge in [0.1, 0.15) is 5.75 Å². The van der Waals surface area contributed by atoms with E-state index in [-0.39, 0.29) is 23.8 Å². The maximum absolute atomic E-state index is 12.4. The first-order chi connectivity index (χ1) is 12.3. The lowest BCUT2D eigenvalue weighted by atomic mass is 10.2. The van der Waals surface area contributed by atoms with Crippen LogP contribution in [0.1, 0.15) is 12.8 Å². The Bertz CT molecular complexity index is 836. The van der Waals surface area contributed by atoms with Gasteiger partial charge in [-0.05, 0) is 55.0 Å². The van der Waals surface area contributed by atoms with Crippen molar-refractivity contribution in [2.45, 2.75) is 17.7 Å². The Balaban J connectivity index is 1.83. The smallest absolute Gasteiger partial charge is 0.242 e. The third-order valence-corrected chi connectivity index (χ3v) is 5.90. The molecule has 0 heterocycles. The second-order valence-electron chi connectivity index (χ2n) is 5.66. The topological polar surface area (TPSA) is 75.7 Å². The Kier molecular flexibility index (Phi) is 7.02. The summed E-state index contributed by atoms with van der Waals surface area (Å²) in [7, 11) is -0.528. The van der Waals surface area contributed by atoms with Crippen molar-refractivity contribution >= 4 is 33.2 Å². The Hall–Kier alpha value is -2.09. The highest BCUT2D eigenvalue weighted by Crippen LogP contribution is 2.18. The molecule has 0 atom stereocenters. The van der Waals surface area contributed by atoms with Gasteiger partial charge in [0.2, 0.25) is 15.9 Å². The third-order valence-electron chi connectivity index (χ3n) is 3.77. The van der Waals surface area contributed by atoms with Crippen molar-refractivity contribution in [1.29, 1.82) is 0 Å². The standard InChI is InChI=1S/C18H21ClN2O4S/c1-21(26(23,24)17-11-5-14(19)6-12-17)13-3-4-18(22)20-15-7-9-16(25-2)10-8-15/h5-12H,3-4,13H2,1-2H3,(H,20,22). The molecule has 2 aromatic rings. The number of halogens is 1. The average Bonchev–Trinajstić information content (AvgIpc) is 2.62. The molecule has 6 nitrogen and oxygen atoms in total. The van der Waals surface area contributed by atoms with E-state index in [1.165, 1.54) is 35.6 Å². The number of benzene rings is 2. The van der Waals surface area contributed by atoms with Crippen LogP contribution in [0, 0.1) is 0 Å². The molecule has 0 fully saturated rings. The van der Waals surface area contributed by atoms with Crippen LogP contribution in [-0.2, 0) is 14.8 Å². The van der Waals surface area contributed by atoms with Crippen molar-refractivity contribution in [2.24, 2.45) is 0 Å². The molecule has 8 heteroatoms. The summed E-state index contributed by atoms with van der Waals surface area (Å²) in [6.45, 7) is 0.237. The van der Waals surface area contributed by atoms with Crippen LogP contribution in [0.4, 0.5) is 5.69 Å². The Morgan fingerprint density at radius 2 is 1.73 bits per heavy atom. The van der Waals surface area contributed by atoms with Crippen LogP contribution in [0.2, 0.25) is 5.02 Å². The number of nitrogens with one attached hydrogen (secondary N) is 1. The van der Waals surface area contributed by atoms with Gasteiger partial charge in [-0.25, -0.2) is 12.7 Å². The van der Waals surface area contributed by atoms with Crippen molar-refractivity contribution in [3.8, 4) is 5.75 Å². The number of ether oxygens (including phenoxy) is 1. The molecule has 2 rings (SSSR count). The summed E-state index contributed by atoms with van der Waals surface area (Å²) >= 11 is 5.78. The first-order valence-electron chi connectivity index (χ1n) is 7.99. The van der Waals surface area contributed by atoms with Gasteiger partial charge in [0.15, 0.2) is 0 Å². The molecule has 0 aliphatic heterocycles. The van der Waals surface area contributed by atoms with E-state index in [1.54, 1.807) is 31.4 Å². The molecule has 26 heavy (non-hydrogen) atoms. The minimum Gasteiger partial charge on any atom is -0.497 e. The van der Waals surface area contributed by atoms with Crippen LogP contribution in [-0.4, -0.2) is 39.3 Å². The molecule has 0 aromatic heterocycles. The number of amides is 1. The summed E-state index contributed by atoms with van der Waals surface area (Å²) in [6, 6.07) is 13.0. The van der Waals surface area contributed by atoms with Gasteiger partial charge in [0.05, 0.1) is 12.0 Å². The molecule has 2 aromatic carbocycles. The molecule has 1 N–H and O–H groups in total. The van der Waals surface area contributed by atoms with E-state index < -0.39 is 10.0 Å². The number of anilines is 1. The van der Waals surface area contributed by atoms with Gasteiger partial charge < -0.3 is 10.1 Å². The first-order valence-corrected chi connectivity index (χ1v) is 9.80. The number of methoxy groups -OCH3 is 1. The Morgan fingerprint density at radius 1 is 1.12 bits per heavy atom. The molecular weight excluding hydrogens is 376 g/mol. The molecule has 0 unspecified atom stereocenters. The normalized spacial score (nSPS) is 11.4. The zero-order valence-corrected chi connectivity index (χ0v) is 16.2. The van der Waals surface area contributed by atoms with Crippen molar-refractivity contribution in [3.63, 3.8) is 0 Å². The highest BCUT2D eigenvalue weighted by molar-refractivity contribution is 7.89. The van der Waals surface area contributed by atoms with Crippen LogP contribution >= 0.6 is 11.6 Å². The minimum absolute atomic E-state index is 0.173. The van der Waals surface area contributed by atoms with Gasteiger partial charge in [-0.1, -0.05) is 11.6 Å². The molecule has 0 aliphatic carbocycles. The SMILES string of the molecule is COc1ccc(NC(=O)CCCN(C)S(=O)(=O)c2ccc(Cl)cc2)cc1.